The molecule has 0 spiro atoms. The third kappa shape index (κ3) is 4.52. The summed E-state index contributed by atoms with van der Waals surface area (Å²) < 4.78 is 5.57. The van der Waals surface area contributed by atoms with Crippen molar-refractivity contribution >= 4 is 6.09 Å². The number of nitrogens with two attached hydrogens (primary N) is 1. The van der Waals surface area contributed by atoms with Crippen molar-refractivity contribution in [3.8, 4) is 0 Å². The standard InChI is InChI=1S/C25H33N3O2/c1-2-3-14-30-25(29)27-17-22-15-21(26)16-28(22)23(18-27)24(19-10-6-4-7-11-19)20-12-8-5-9-13-20/h4-13,21-24H,2-3,14-18,26H2,1H3/t21-,22-,23-/m0/s1. The van der Waals surface area contributed by atoms with Crippen molar-refractivity contribution in [2.45, 2.75) is 50.2 Å². The first-order chi connectivity index (χ1) is 14.7. The summed E-state index contributed by atoms with van der Waals surface area (Å²) >= 11 is 0. The molecule has 160 valence electrons. The molecule has 2 aliphatic rings. The molecule has 2 heterocycles. The molecule has 1 amide bonds. The van der Waals surface area contributed by atoms with Gasteiger partial charge in [0.25, 0.3) is 0 Å². The average Bonchev–Trinajstić information content (AvgIpc) is 3.16. The summed E-state index contributed by atoms with van der Waals surface area (Å²) in [5.74, 6) is 0.173. The molecular weight excluding hydrogens is 374 g/mol. The number of amides is 1. The minimum Gasteiger partial charge on any atom is -0.449 e. The van der Waals surface area contributed by atoms with Crippen LogP contribution in [0.15, 0.2) is 60.7 Å². The van der Waals surface area contributed by atoms with E-state index in [4.69, 9.17) is 10.5 Å². The number of hydrogen-bond donors (Lipinski definition) is 1. The van der Waals surface area contributed by atoms with Gasteiger partial charge in [-0.05, 0) is 24.0 Å². The Balaban J connectivity index is 1.66. The SMILES string of the molecule is CCCCOC(=O)N1C[C@@H]2C[C@H](N)CN2[C@H](C(c2ccccc2)c2ccccc2)C1. The van der Waals surface area contributed by atoms with Crippen molar-refractivity contribution in [2.24, 2.45) is 5.73 Å². The smallest absolute Gasteiger partial charge is 0.409 e. The van der Waals surface area contributed by atoms with Gasteiger partial charge < -0.3 is 15.4 Å². The van der Waals surface area contributed by atoms with Gasteiger partial charge in [0.05, 0.1) is 6.61 Å². The highest BCUT2D eigenvalue weighted by atomic mass is 16.6. The lowest BCUT2D eigenvalue weighted by molar-refractivity contribution is 0.0293. The summed E-state index contributed by atoms with van der Waals surface area (Å²) in [5, 5.41) is 0. The second kappa shape index (κ2) is 9.63. The third-order valence-corrected chi connectivity index (χ3v) is 6.44. The Morgan fingerprint density at radius 3 is 2.27 bits per heavy atom. The van der Waals surface area contributed by atoms with Gasteiger partial charge in [-0.2, -0.15) is 0 Å². The zero-order chi connectivity index (χ0) is 20.9. The fourth-order valence-corrected chi connectivity index (χ4v) is 5.02. The summed E-state index contributed by atoms with van der Waals surface area (Å²) in [5.41, 5.74) is 8.92. The van der Waals surface area contributed by atoms with Crippen molar-refractivity contribution in [1.82, 2.24) is 9.80 Å². The van der Waals surface area contributed by atoms with E-state index in [0.29, 0.717) is 19.7 Å². The summed E-state index contributed by atoms with van der Waals surface area (Å²) in [6.45, 7) is 4.83. The summed E-state index contributed by atoms with van der Waals surface area (Å²) in [7, 11) is 0. The summed E-state index contributed by atoms with van der Waals surface area (Å²) in [6, 6.07) is 21.9. The maximum atomic E-state index is 12.8. The van der Waals surface area contributed by atoms with Crippen LogP contribution in [0.3, 0.4) is 0 Å². The van der Waals surface area contributed by atoms with Crippen molar-refractivity contribution < 1.29 is 9.53 Å². The van der Waals surface area contributed by atoms with Crippen LogP contribution in [0, 0.1) is 0 Å². The highest BCUT2D eigenvalue weighted by Gasteiger charge is 2.45. The molecule has 2 aromatic carbocycles. The predicted octanol–water partition coefficient (Wildman–Crippen LogP) is 3.84. The van der Waals surface area contributed by atoms with Gasteiger partial charge in [0.15, 0.2) is 0 Å². The molecular formula is C25H33N3O2. The van der Waals surface area contributed by atoms with E-state index in [9.17, 15) is 4.79 Å². The molecule has 2 aliphatic heterocycles. The third-order valence-electron chi connectivity index (χ3n) is 6.44. The first-order valence-electron chi connectivity index (χ1n) is 11.2. The zero-order valence-corrected chi connectivity index (χ0v) is 17.8. The number of unbranched alkanes of at least 4 members (excludes halogenated alkanes) is 1. The van der Waals surface area contributed by atoms with E-state index in [1.807, 2.05) is 4.90 Å². The average molecular weight is 408 g/mol. The molecule has 0 aromatic heterocycles. The van der Waals surface area contributed by atoms with Crippen LogP contribution < -0.4 is 5.73 Å². The van der Waals surface area contributed by atoms with Crippen LogP contribution in [0.1, 0.15) is 43.2 Å². The lowest BCUT2D eigenvalue weighted by Crippen LogP contribution is -2.59. The van der Waals surface area contributed by atoms with Gasteiger partial charge in [-0.1, -0.05) is 74.0 Å². The van der Waals surface area contributed by atoms with Crippen molar-refractivity contribution in [1.29, 1.82) is 0 Å². The minimum atomic E-state index is -0.187. The molecule has 30 heavy (non-hydrogen) atoms. The van der Waals surface area contributed by atoms with Gasteiger partial charge >= 0.3 is 6.09 Å². The number of ether oxygens (including phenoxy) is 1. The van der Waals surface area contributed by atoms with Crippen LogP contribution in [0.25, 0.3) is 0 Å². The molecule has 2 N–H and O–H groups in total. The number of benzene rings is 2. The number of carbonyl (C=O) groups is 1. The predicted molar refractivity (Wildman–Crippen MR) is 119 cm³/mol. The van der Waals surface area contributed by atoms with Crippen LogP contribution in [-0.2, 0) is 4.74 Å². The van der Waals surface area contributed by atoms with E-state index < -0.39 is 0 Å². The largest absolute Gasteiger partial charge is 0.449 e. The number of carbonyl (C=O) groups excluding carboxylic acids is 1. The normalized spacial score (nSPS) is 24.1. The molecule has 2 fully saturated rings. The van der Waals surface area contributed by atoms with E-state index in [1.165, 1.54) is 11.1 Å². The van der Waals surface area contributed by atoms with Crippen LogP contribution in [-0.4, -0.2) is 60.3 Å². The maximum Gasteiger partial charge on any atom is 0.409 e. The molecule has 0 saturated carbocycles. The van der Waals surface area contributed by atoms with E-state index in [2.05, 4.69) is 72.5 Å². The van der Waals surface area contributed by atoms with Gasteiger partial charge in [-0.25, -0.2) is 4.79 Å². The number of piperazine rings is 1. The second-order valence-electron chi connectivity index (χ2n) is 8.59. The molecule has 4 rings (SSSR count). The van der Waals surface area contributed by atoms with Crippen LogP contribution in [0.5, 0.6) is 0 Å². The highest BCUT2D eigenvalue weighted by Crippen LogP contribution is 2.37. The fourth-order valence-electron chi connectivity index (χ4n) is 5.02. The van der Waals surface area contributed by atoms with Crippen LogP contribution >= 0.6 is 0 Å². The first-order valence-corrected chi connectivity index (χ1v) is 11.2. The molecule has 2 aromatic rings. The number of fused-ring (bicyclic) bond motifs is 1. The summed E-state index contributed by atoms with van der Waals surface area (Å²) in [4.78, 5) is 17.3. The molecule has 5 heteroatoms. The Bertz CT molecular complexity index is 774. The Morgan fingerprint density at radius 2 is 1.67 bits per heavy atom. The lowest BCUT2D eigenvalue weighted by atomic mass is 9.82. The maximum absolute atomic E-state index is 12.8. The van der Waals surface area contributed by atoms with E-state index >= 15 is 0 Å². The van der Waals surface area contributed by atoms with Crippen molar-refractivity contribution in [2.75, 3.05) is 26.2 Å². The Labute approximate surface area is 179 Å². The van der Waals surface area contributed by atoms with Crippen LogP contribution in [0.4, 0.5) is 4.79 Å². The quantitative estimate of drug-likeness (QED) is 0.739. The Hall–Kier alpha value is -2.37. The van der Waals surface area contributed by atoms with Crippen molar-refractivity contribution in [3.05, 3.63) is 71.8 Å². The second-order valence-corrected chi connectivity index (χ2v) is 8.59. The van der Waals surface area contributed by atoms with Gasteiger partial charge in [-0.15, -0.1) is 0 Å². The first kappa shape index (κ1) is 20.9. The molecule has 0 radical (unpaired) electrons. The lowest BCUT2D eigenvalue weighted by Gasteiger charge is -2.46. The Morgan fingerprint density at radius 1 is 1.03 bits per heavy atom. The molecule has 0 unspecified atom stereocenters. The fraction of sp³-hybridized carbons (Fsp3) is 0.480. The van der Waals surface area contributed by atoms with Crippen molar-refractivity contribution in [3.63, 3.8) is 0 Å². The molecule has 0 bridgehead atoms. The number of nitrogens with zero attached hydrogens (tertiary/aromatic N) is 2. The topological polar surface area (TPSA) is 58.8 Å². The van der Waals surface area contributed by atoms with Crippen LogP contribution in [0.2, 0.25) is 0 Å². The minimum absolute atomic E-state index is 0.153. The highest BCUT2D eigenvalue weighted by molar-refractivity contribution is 5.68. The van der Waals surface area contributed by atoms with Gasteiger partial charge in [0.2, 0.25) is 0 Å². The monoisotopic (exact) mass is 407 g/mol. The van der Waals surface area contributed by atoms with E-state index in [-0.39, 0.29) is 30.1 Å². The Kier molecular flexibility index (Phi) is 6.70. The van der Waals surface area contributed by atoms with Gasteiger partial charge in [0.1, 0.15) is 0 Å². The number of hydrogen-bond acceptors (Lipinski definition) is 4. The number of rotatable bonds is 6. The van der Waals surface area contributed by atoms with Gasteiger partial charge in [-0.3, -0.25) is 4.90 Å². The van der Waals surface area contributed by atoms with E-state index in [0.717, 1.165) is 25.8 Å². The van der Waals surface area contributed by atoms with Gasteiger partial charge in [0, 0.05) is 43.7 Å². The molecule has 2 saturated heterocycles. The molecule has 5 nitrogen and oxygen atoms in total. The molecule has 0 aliphatic carbocycles. The zero-order valence-electron chi connectivity index (χ0n) is 17.8. The van der Waals surface area contributed by atoms with E-state index in [1.54, 1.807) is 0 Å². The summed E-state index contributed by atoms with van der Waals surface area (Å²) in [6.07, 6.45) is 2.66. The molecule has 3 atom stereocenters.